The van der Waals surface area contributed by atoms with E-state index in [0.717, 1.165) is 25.2 Å². The van der Waals surface area contributed by atoms with Gasteiger partial charge in [0.25, 0.3) is 0 Å². The van der Waals surface area contributed by atoms with Crippen molar-refractivity contribution >= 4 is 10.0 Å². The quantitative estimate of drug-likeness (QED) is 0.837. The van der Waals surface area contributed by atoms with E-state index in [0.29, 0.717) is 30.5 Å². The first-order valence-electron chi connectivity index (χ1n) is 7.36. The first kappa shape index (κ1) is 15.3. The lowest BCUT2D eigenvalue weighted by Gasteiger charge is -2.33. The minimum Gasteiger partial charge on any atom is -0.317 e. The predicted octanol–water partition coefficient (Wildman–Crippen LogP) is 1.68. The summed E-state index contributed by atoms with van der Waals surface area (Å²) in [7, 11) is -0.978. The Labute approximate surface area is 118 Å². The van der Waals surface area contributed by atoms with Crippen molar-refractivity contribution in [3.05, 3.63) is 0 Å². The Bertz CT molecular complexity index is 419. The third kappa shape index (κ3) is 3.70. The summed E-state index contributed by atoms with van der Waals surface area (Å²) in [6.07, 6.45) is 5.89. The molecule has 1 N–H and O–H groups in total. The van der Waals surface area contributed by atoms with Crippen molar-refractivity contribution in [2.24, 2.45) is 17.3 Å². The van der Waals surface area contributed by atoms with Gasteiger partial charge in [-0.05, 0) is 50.0 Å². The van der Waals surface area contributed by atoms with Crippen LogP contribution in [0.1, 0.15) is 39.5 Å². The minimum absolute atomic E-state index is 0.471. The van der Waals surface area contributed by atoms with E-state index in [1.165, 1.54) is 12.7 Å². The molecule has 0 radical (unpaired) electrons. The summed E-state index contributed by atoms with van der Waals surface area (Å²) in [5, 5.41) is 3.45. The fourth-order valence-corrected chi connectivity index (χ4v) is 4.50. The number of hydrogen-bond donors (Lipinski definition) is 1. The molecule has 0 aromatic heterocycles. The highest BCUT2D eigenvalue weighted by Crippen LogP contribution is 2.54. The third-order valence-corrected chi connectivity index (χ3v) is 6.25. The molecule has 0 bridgehead atoms. The van der Waals surface area contributed by atoms with Gasteiger partial charge in [0.2, 0.25) is 10.0 Å². The second-order valence-electron chi connectivity index (χ2n) is 7.06. The molecule has 5 heteroatoms. The molecular weight excluding hydrogens is 260 g/mol. The Morgan fingerprint density at radius 1 is 1.42 bits per heavy atom. The van der Waals surface area contributed by atoms with E-state index in [-0.39, 0.29) is 0 Å². The number of hydrogen-bond acceptors (Lipinski definition) is 3. The number of nitrogens with one attached hydrogen (secondary N) is 1. The fourth-order valence-electron chi connectivity index (χ4n) is 3.56. The predicted molar refractivity (Wildman–Crippen MR) is 78.5 cm³/mol. The maximum absolute atomic E-state index is 11.6. The van der Waals surface area contributed by atoms with Crippen LogP contribution in [0.25, 0.3) is 0 Å². The van der Waals surface area contributed by atoms with E-state index in [2.05, 4.69) is 19.2 Å². The van der Waals surface area contributed by atoms with E-state index in [4.69, 9.17) is 0 Å². The van der Waals surface area contributed by atoms with Crippen LogP contribution in [0.15, 0.2) is 0 Å². The van der Waals surface area contributed by atoms with Crippen LogP contribution in [0.4, 0.5) is 0 Å². The summed E-state index contributed by atoms with van der Waals surface area (Å²) >= 11 is 0. The highest BCUT2D eigenvalue weighted by Gasteiger charge is 2.50. The zero-order valence-electron chi connectivity index (χ0n) is 12.6. The molecule has 112 valence electrons. The van der Waals surface area contributed by atoms with Gasteiger partial charge in [-0.25, -0.2) is 12.7 Å². The van der Waals surface area contributed by atoms with Gasteiger partial charge in [-0.1, -0.05) is 13.8 Å². The molecule has 0 amide bonds. The van der Waals surface area contributed by atoms with Crippen LogP contribution < -0.4 is 5.32 Å². The largest absolute Gasteiger partial charge is 0.317 e. The standard InChI is InChI=1S/C14H28N2O2S/c1-14(2)9-12(14)13(15-3)8-11-6-5-7-16(10-11)19(4,17)18/h11-13,15H,5-10H2,1-4H3. The van der Waals surface area contributed by atoms with Crippen LogP contribution in [0.2, 0.25) is 0 Å². The molecule has 4 nitrogen and oxygen atoms in total. The van der Waals surface area contributed by atoms with Gasteiger partial charge in [0.15, 0.2) is 0 Å². The maximum atomic E-state index is 11.6. The van der Waals surface area contributed by atoms with Gasteiger partial charge in [-0.15, -0.1) is 0 Å². The Morgan fingerprint density at radius 2 is 2.05 bits per heavy atom. The molecule has 3 unspecified atom stereocenters. The van der Waals surface area contributed by atoms with Gasteiger partial charge in [0.1, 0.15) is 0 Å². The average molecular weight is 288 g/mol. The van der Waals surface area contributed by atoms with Gasteiger partial charge in [0.05, 0.1) is 6.26 Å². The van der Waals surface area contributed by atoms with E-state index in [1.807, 2.05) is 7.05 Å². The number of piperidine rings is 1. The van der Waals surface area contributed by atoms with Crippen molar-refractivity contribution < 1.29 is 8.42 Å². The Hall–Kier alpha value is -0.130. The molecule has 1 aliphatic carbocycles. The van der Waals surface area contributed by atoms with Crippen LogP contribution in [-0.2, 0) is 10.0 Å². The molecule has 1 saturated carbocycles. The molecule has 19 heavy (non-hydrogen) atoms. The lowest BCUT2D eigenvalue weighted by molar-refractivity contribution is 0.228. The summed E-state index contributed by atoms with van der Waals surface area (Å²) in [6, 6.07) is 0.541. The maximum Gasteiger partial charge on any atom is 0.211 e. The molecule has 2 rings (SSSR count). The Balaban J connectivity index is 1.91. The van der Waals surface area contributed by atoms with Crippen molar-refractivity contribution in [3.8, 4) is 0 Å². The van der Waals surface area contributed by atoms with Crippen molar-refractivity contribution in [2.45, 2.75) is 45.6 Å². The van der Waals surface area contributed by atoms with Crippen molar-refractivity contribution in [1.29, 1.82) is 0 Å². The Morgan fingerprint density at radius 3 is 2.53 bits per heavy atom. The smallest absolute Gasteiger partial charge is 0.211 e. The second kappa shape index (κ2) is 5.34. The molecule has 2 fully saturated rings. The first-order chi connectivity index (χ1) is 8.74. The molecule has 0 spiro atoms. The Kier molecular flexibility index (Phi) is 4.29. The van der Waals surface area contributed by atoms with Gasteiger partial charge in [0, 0.05) is 19.1 Å². The molecule has 1 heterocycles. The molecule has 3 atom stereocenters. The molecule has 2 aliphatic rings. The molecule has 0 aromatic carbocycles. The summed E-state index contributed by atoms with van der Waals surface area (Å²) in [5.74, 6) is 1.27. The zero-order valence-corrected chi connectivity index (χ0v) is 13.5. The topological polar surface area (TPSA) is 49.4 Å². The number of nitrogens with zero attached hydrogens (tertiary/aromatic N) is 1. The average Bonchev–Trinajstić information content (AvgIpc) is 2.94. The van der Waals surface area contributed by atoms with Crippen LogP contribution in [0.5, 0.6) is 0 Å². The van der Waals surface area contributed by atoms with Gasteiger partial charge < -0.3 is 5.32 Å². The monoisotopic (exact) mass is 288 g/mol. The highest BCUT2D eigenvalue weighted by atomic mass is 32.2. The van der Waals surface area contributed by atoms with E-state index < -0.39 is 10.0 Å². The summed E-state index contributed by atoms with van der Waals surface area (Å²) < 4.78 is 25.0. The van der Waals surface area contributed by atoms with Crippen LogP contribution >= 0.6 is 0 Å². The molecule has 0 aromatic rings. The van der Waals surface area contributed by atoms with Crippen LogP contribution in [-0.4, -0.2) is 45.2 Å². The van der Waals surface area contributed by atoms with Crippen molar-refractivity contribution in [2.75, 3.05) is 26.4 Å². The molecule has 1 saturated heterocycles. The van der Waals surface area contributed by atoms with Gasteiger partial charge >= 0.3 is 0 Å². The molecular formula is C14H28N2O2S. The van der Waals surface area contributed by atoms with Crippen molar-refractivity contribution in [3.63, 3.8) is 0 Å². The van der Waals surface area contributed by atoms with E-state index in [9.17, 15) is 8.42 Å². The lowest BCUT2D eigenvalue weighted by atomic mass is 9.89. The van der Waals surface area contributed by atoms with Crippen LogP contribution in [0.3, 0.4) is 0 Å². The van der Waals surface area contributed by atoms with E-state index in [1.54, 1.807) is 4.31 Å². The SMILES string of the molecule is CNC(CC1CCCN(S(C)(=O)=O)C1)C1CC1(C)C. The second-order valence-corrected chi connectivity index (χ2v) is 9.04. The summed E-state index contributed by atoms with van der Waals surface area (Å²) in [4.78, 5) is 0. The molecule has 1 aliphatic heterocycles. The normalized spacial score (nSPS) is 33.1. The van der Waals surface area contributed by atoms with Crippen molar-refractivity contribution in [1.82, 2.24) is 9.62 Å². The van der Waals surface area contributed by atoms with Gasteiger partial charge in [-0.3, -0.25) is 0 Å². The summed E-state index contributed by atoms with van der Waals surface area (Å²) in [5.41, 5.74) is 0.471. The zero-order chi connectivity index (χ0) is 14.3. The summed E-state index contributed by atoms with van der Waals surface area (Å²) in [6.45, 7) is 6.07. The fraction of sp³-hybridized carbons (Fsp3) is 1.00. The minimum atomic E-state index is -3.02. The van der Waals surface area contributed by atoms with Crippen LogP contribution in [0, 0.1) is 17.3 Å². The first-order valence-corrected chi connectivity index (χ1v) is 9.21. The van der Waals surface area contributed by atoms with E-state index >= 15 is 0 Å². The highest BCUT2D eigenvalue weighted by molar-refractivity contribution is 7.88. The number of sulfonamides is 1. The third-order valence-electron chi connectivity index (χ3n) is 4.98. The van der Waals surface area contributed by atoms with Gasteiger partial charge in [-0.2, -0.15) is 0 Å². The lowest BCUT2D eigenvalue weighted by Crippen LogP contribution is -2.42. The number of rotatable bonds is 5.